The van der Waals surface area contributed by atoms with E-state index < -0.39 is 0 Å². The normalized spacial score (nSPS) is 15.3. The predicted octanol–water partition coefficient (Wildman–Crippen LogP) is 3.06. The third-order valence-electron chi connectivity index (χ3n) is 5.26. The van der Waals surface area contributed by atoms with Crippen molar-refractivity contribution in [3.05, 3.63) is 59.2 Å². The summed E-state index contributed by atoms with van der Waals surface area (Å²) in [7, 11) is 0. The van der Waals surface area contributed by atoms with Gasteiger partial charge in [-0.15, -0.1) is 0 Å². The fourth-order valence-electron chi connectivity index (χ4n) is 3.68. The highest BCUT2D eigenvalue weighted by molar-refractivity contribution is 6.06. The molecule has 0 spiro atoms. The monoisotopic (exact) mass is 419 g/mol. The fourth-order valence-corrected chi connectivity index (χ4v) is 3.68. The highest BCUT2D eigenvalue weighted by atomic mass is 16.2. The van der Waals surface area contributed by atoms with Gasteiger partial charge in [0.2, 0.25) is 5.91 Å². The third kappa shape index (κ3) is 5.63. The first-order chi connectivity index (χ1) is 15.0. The lowest BCUT2D eigenvalue weighted by Crippen LogP contribution is -2.38. The number of anilines is 2. The van der Waals surface area contributed by atoms with Crippen molar-refractivity contribution >= 4 is 29.1 Å². The van der Waals surface area contributed by atoms with Crippen molar-refractivity contribution < 1.29 is 9.59 Å². The van der Waals surface area contributed by atoms with Crippen LogP contribution in [0, 0.1) is 0 Å². The van der Waals surface area contributed by atoms with Gasteiger partial charge >= 0.3 is 0 Å². The summed E-state index contributed by atoms with van der Waals surface area (Å²) in [5, 5.41) is 12.3. The number of nitrogens with zero attached hydrogens (tertiary/aromatic N) is 1. The van der Waals surface area contributed by atoms with Crippen molar-refractivity contribution in [1.82, 2.24) is 16.0 Å². The van der Waals surface area contributed by atoms with Gasteiger partial charge in [0.15, 0.2) is 5.96 Å². The molecule has 162 valence electrons. The van der Waals surface area contributed by atoms with Gasteiger partial charge in [0.25, 0.3) is 5.91 Å². The van der Waals surface area contributed by atoms with E-state index in [1.807, 2.05) is 56.3 Å². The van der Waals surface area contributed by atoms with Gasteiger partial charge in [0.1, 0.15) is 0 Å². The van der Waals surface area contributed by atoms with Crippen LogP contribution in [0.3, 0.4) is 0 Å². The molecule has 7 heteroatoms. The summed E-state index contributed by atoms with van der Waals surface area (Å²) in [6.45, 7) is 5.35. The van der Waals surface area contributed by atoms with Crippen LogP contribution in [-0.2, 0) is 11.2 Å². The molecule has 7 nitrogen and oxygen atoms in total. The van der Waals surface area contributed by atoms with Crippen molar-refractivity contribution in [2.45, 2.75) is 45.1 Å². The molecule has 0 radical (unpaired) electrons. The highest BCUT2D eigenvalue weighted by Crippen LogP contribution is 2.44. The largest absolute Gasteiger partial charge is 0.355 e. The highest BCUT2D eigenvalue weighted by Gasteiger charge is 2.27. The molecule has 1 fully saturated rings. The smallest absolute Gasteiger partial charge is 0.257 e. The molecule has 2 amide bonds. The quantitative estimate of drug-likeness (QED) is 0.555. The van der Waals surface area contributed by atoms with E-state index in [2.05, 4.69) is 26.3 Å². The SMILES string of the molecule is CC(C)NC(=O)Cc1cccc(Nc2ccc(C(=O)NC3=NCCN3)cc2C2CC2)c1. The Morgan fingerprint density at radius 3 is 2.71 bits per heavy atom. The van der Waals surface area contributed by atoms with E-state index in [4.69, 9.17) is 0 Å². The van der Waals surface area contributed by atoms with Crippen LogP contribution in [0.2, 0.25) is 0 Å². The van der Waals surface area contributed by atoms with Crippen molar-refractivity contribution in [3.8, 4) is 0 Å². The number of hydrogen-bond acceptors (Lipinski definition) is 5. The van der Waals surface area contributed by atoms with Gasteiger partial charge in [0, 0.05) is 29.5 Å². The predicted molar refractivity (Wildman–Crippen MR) is 123 cm³/mol. The maximum Gasteiger partial charge on any atom is 0.257 e. The summed E-state index contributed by atoms with van der Waals surface area (Å²) in [6.07, 6.45) is 2.60. The zero-order valence-electron chi connectivity index (χ0n) is 18.0. The minimum atomic E-state index is -0.153. The summed E-state index contributed by atoms with van der Waals surface area (Å²) in [5.74, 6) is 0.873. The molecule has 1 saturated carbocycles. The number of carbonyl (C=O) groups excluding carboxylic acids is 2. The molecule has 2 aromatic rings. The molecule has 0 aromatic heterocycles. The second kappa shape index (κ2) is 9.20. The Labute approximate surface area is 182 Å². The Hall–Kier alpha value is -3.35. The van der Waals surface area contributed by atoms with Gasteiger partial charge in [-0.25, -0.2) is 0 Å². The molecule has 4 rings (SSSR count). The Morgan fingerprint density at radius 1 is 1.16 bits per heavy atom. The van der Waals surface area contributed by atoms with Crippen LogP contribution in [-0.4, -0.2) is 36.9 Å². The van der Waals surface area contributed by atoms with Crippen LogP contribution in [0.5, 0.6) is 0 Å². The number of rotatable bonds is 7. The number of carbonyl (C=O) groups is 2. The summed E-state index contributed by atoms with van der Waals surface area (Å²) >= 11 is 0. The van der Waals surface area contributed by atoms with Crippen molar-refractivity contribution in [3.63, 3.8) is 0 Å². The number of guanidine groups is 1. The molecule has 0 atom stereocenters. The molecule has 1 aliphatic heterocycles. The second-order valence-corrected chi connectivity index (χ2v) is 8.41. The minimum absolute atomic E-state index is 0.0162. The van der Waals surface area contributed by atoms with Crippen molar-refractivity contribution in [2.24, 2.45) is 4.99 Å². The van der Waals surface area contributed by atoms with Gasteiger partial charge < -0.3 is 16.0 Å². The van der Waals surface area contributed by atoms with Crippen molar-refractivity contribution in [1.29, 1.82) is 0 Å². The van der Waals surface area contributed by atoms with Gasteiger partial charge in [-0.2, -0.15) is 0 Å². The van der Waals surface area contributed by atoms with E-state index in [9.17, 15) is 9.59 Å². The molecule has 1 aliphatic carbocycles. The Morgan fingerprint density at radius 2 is 2.00 bits per heavy atom. The maximum absolute atomic E-state index is 12.6. The Bertz CT molecular complexity index is 1010. The molecule has 0 saturated heterocycles. The molecule has 1 heterocycles. The number of benzene rings is 2. The van der Waals surface area contributed by atoms with Gasteiger partial charge in [-0.3, -0.25) is 19.9 Å². The average molecular weight is 420 g/mol. The van der Waals surface area contributed by atoms with Gasteiger partial charge in [-0.1, -0.05) is 12.1 Å². The molecule has 0 unspecified atom stereocenters. The molecular weight excluding hydrogens is 390 g/mol. The fraction of sp³-hybridized carbons (Fsp3) is 0.375. The summed E-state index contributed by atoms with van der Waals surface area (Å²) in [6, 6.07) is 13.8. The zero-order valence-corrected chi connectivity index (χ0v) is 18.0. The first kappa shape index (κ1) is 20.9. The molecule has 2 aromatic carbocycles. The van der Waals surface area contributed by atoms with E-state index >= 15 is 0 Å². The standard InChI is InChI=1S/C24H29N5O2/c1-15(2)27-22(30)13-16-4-3-5-19(12-16)28-21-9-8-18(14-20(21)17-6-7-17)23(31)29-24-25-10-11-26-24/h3-5,8-9,12,14-15,17,28H,6-7,10-11,13H2,1-2H3,(H,27,30)(H2,25,26,29,31). The molecular formula is C24H29N5O2. The van der Waals surface area contributed by atoms with Crippen LogP contribution in [0.1, 0.15) is 54.1 Å². The van der Waals surface area contributed by atoms with Gasteiger partial charge in [-0.05, 0) is 74.1 Å². The summed E-state index contributed by atoms with van der Waals surface area (Å²) < 4.78 is 0. The number of amides is 2. The molecule has 31 heavy (non-hydrogen) atoms. The lowest BCUT2D eigenvalue weighted by atomic mass is 10.0. The van der Waals surface area contributed by atoms with E-state index in [1.54, 1.807) is 0 Å². The first-order valence-electron chi connectivity index (χ1n) is 10.9. The zero-order chi connectivity index (χ0) is 21.8. The van der Waals surface area contributed by atoms with E-state index in [1.165, 1.54) is 0 Å². The number of nitrogens with one attached hydrogen (secondary N) is 4. The van der Waals surface area contributed by atoms with E-state index in [0.29, 0.717) is 30.4 Å². The first-order valence-corrected chi connectivity index (χ1v) is 10.9. The Kier molecular flexibility index (Phi) is 6.21. The van der Waals surface area contributed by atoms with Crippen molar-refractivity contribution in [2.75, 3.05) is 18.4 Å². The third-order valence-corrected chi connectivity index (χ3v) is 5.26. The lowest BCUT2D eigenvalue weighted by molar-refractivity contribution is -0.120. The maximum atomic E-state index is 12.6. The minimum Gasteiger partial charge on any atom is -0.355 e. The van der Waals surface area contributed by atoms with Crippen LogP contribution < -0.4 is 21.3 Å². The van der Waals surface area contributed by atoms with Gasteiger partial charge in [0.05, 0.1) is 13.0 Å². The van der Waals surface area contributed by atoms with Crippen LogP contribution in [0.25, 0.3) is 0 Å². The lowest BCUT2D eigenvalue weighted by Gasteiger charge is -2.15. The van der Waals surface area contributed by atoms with E-state index in [-0.39, 0.29) is 17.9 Å². The summed E-state index contributed by atoms with van der Waals surface area (Å²) in [5.41, 5.74) is 4.66. The van der Waals surface area contributed by atoms with Crippen LogP contribution in [0.4, 0.5) is 11.4 Å². The Balaban J connectivity index is 1.49. The summed E-state index contributed by atoms with van der Waals surface area (Å²) in [4.78, 5) is 28.9. The average Bonchev–Trinajstić information content (AvgIpc) is 3.44. The topological polar surface area (TPSA) is 94.6 Å². The van der Waals surface area contributed by atoms with Crippen LogP contribution >= 0.6 is 0 Å². The number of aliphatic imine (C=N–C) groups is 1. The molecule has 4 N–H and O–H groups in total. The van der Waals surface area contributed by atoms with E-state index in [0.717, 1.165) is 41.9 Å². The molecule has 2 aliphatic rings. The van der Waals surface area contributed by atoms with Crippen LogP contribution in [0.15, 0.2) is 47.5 Å². The number of hydrogen-bond donors (Lipinski definition) is 4. The molecule has 0 bridgehead atoms. The second-order valence-electron chi connectivity index (χ2n) is 8.41.